The van der Waals surface area contributed by atoms with E-state index in [2.05, 4.69) is 10.2 Å². The number of anilines is 1. The van der Waals surface area contributed by atoms with Crippen molar-refractivity contribution in [2.75, 3.05) is 25.0 Å². The zero-order valence-corrected chi connectivity index (χ0v) is 14.1. The minimum Gasteiger partial charge on any atom is -0.481 e. The highest BCUT2D eigenvalue weighted by Crippen LogP contribution is 2.22. The number of piperidine rings is 1. The zero-order valence-electron chi connectivity index (χ0n) is 13.3. The number of likely N-dealkylation sites (tertiary alicyclic amines) is 1. The van der Waals surface area contributed by atoms with E-state index in [-0.39, 0.29) is 12.3 Å². The lowest BCUT2D eigenvalue weighted by Crippen LogP contribution is -2.40. The van der Waals surface area contributed by atoms with Gasteiger partial charge in [-0.2, -0.15) is 0 Å². The van der Waals surface area contributed by atoms with Crippen LogP contribution in [-0.2, 0) is 9.59 Å². The van der Waals surface area contributed by atoms with E-state index in [0.29, 0.717) is 23.9 Å². The number of carbonyl (C=O) groups excluding carboxylic acids is 1. The van der Waals surface area contributed by atoms with Crippen molar-refractivity contribution in [2.24, 2.45) is 5.92 Å². The van der Waals surface area contributed by atoms with Gasteiger partial charge in [0, 0.05) is 23.7 Å². The Bertz CT molecular complexity index is 577. The summed E-state index contributed by atoms with van der Waals surface area (Å²) in [6.07, 6.45) is 2.93. The van der Waals surface area contributed by atoms with Gasteiger partial charge in [-0.1, -0.05) is 17.7 Å². The number of hydrogen-bond acceptors (Lipinski definition) is 3. The van der Waals surface area contributed by atoms with Crippen LogP contribution in [0.3, 0.4) is 0 Å². The number of amides is 1. The van der Waals surface area contributed by atoms with Gasteiger partial charge in [0.05, 0.1) is 6.54 Å². The first-order chi connectivity index (χ1) is 10.9. The quantitative estimate of drug-likeness (QED) is 0.836. The number of nitrogens with one attached hydrogen (secondary N) is 1. The third-order valence-corrected chi connectivity index (χ3v) is 4.45. The number of carbonyl (C=O) groups is 2. The molecule has 5 nitrogen and oxygen atoms in total. The molecule has 2 rings (SSSR count). The second-order valence-corrected chi connectivity index (χ2v) is 6.62. The molecule has 23 heavy (non-hydrogen) atoms. The summed E-state index contributed by atoms with van der Waals surface area (Å²) in [6, 6.07) is 5.42. The van der Waals surface area contributed by atoms with Gasteiger partial charge in [0.15, 0.2) is 0 Å². The Balaban J connectivity index is 1.84. The largest absolute Gasteiger partial charge is 0.481 e. The molecular weight excluding hydrogens is 316 g/mol. The molecule has 1 amide bonds. The number of halogens is 1. The van der Waals surface area contributed by atoms with Crippen LogP contribution in [0, 0.1) is 12.8 Å². The number of hydrogen-bond donors (Lipinski definition) is 2. The summed E-state index contributed by atoms with van der Waals surface area (Å²) in [5.41, 5.74) is 1.71. The fourth-order valence-corrected chi connectivity index (χ4v) is 3.15. The van der Waals surface area contributed by atoms with Gasteiger partial charge >= 0.3 is 5.97 Å². The first kappa shape index (κ1) is 17.8. The molecule has 2 N–H and O–H groups in total. The first-order valence-corrected chi connectivity index (χ1v) is 8.32. The van der Waals surface area contributed by atoms with Gasteiger partial charge in [-0.15, -0.1) is 0 Å². The van der Waals surface area contributed by atoms with Gasteiger partial charge in [0.25, 0.3) is 0 Å². The van der Waals surface area contributed by atoms with E-state index >= 15 is 0 Å². The van der Waals surface area contributed by atoms with Crippen molar-refractivity contribution in [1.29, 1.82) is 0 Å². The molecule has 0 aromatic heterocycles. The van der Waals surface area contributed by atoms with Crippen molar-refractivity contribution in [3.8, 4) is 0 Å². The van der Waals surface area contributed by atoms with Gasteiger partial charge in [0.2, 0.25) is 5.91 Å². The summed E-state index contributed by atoms with van der Waals surface area (Å²) in [5, 5.41) is 12.3. The summed E-state index contributed by atoms with van der Waals surface area (Å²) in [5.74, 6) is -0.453. The highest BCUT2D eigenvalue weighted by molar-refractivity contribution is 6.31. The number of nitrogens with zero attached hydrogens (tertiary/aromatic N) is 1. The lowest BCUT2D eigenvalue weighted by Gasteiger charge is -2.32. The molecule has 1 heterocycles. The van der Waals surface area contributed by atoms with E-state index in [0.717, 1.165) is 37.2 Å². The highest BCUT2D eigenvalue weighted by atomic mass is 35.5. The van der Waals surface area contributed by atoms with Gasteiger partial charge in [-0.05, 0) is 56.3 Å². The van der Waals surface area contributed by atoms with Crippen LogP contribution >= 0.6 is 11.6 Å². The molecule has 0 bridgehead atoms. The second kappa shape index (κ2) is 8.31. The van der Waals surface area contributed by atoms with Crippen molar-refractivity contribution < 1.29 is 14.7 Å². The minimum atomic E-state index is -0.753. The van der Waals surface area contributed by atoms with Crippen LogP contribution in [-0.4, -0.2) is 41.5 Å². The van der Waals surface area contributed by atoms with Gasteiger partial charge in [0.1, 0.15) is 0 Å². The van der Waals surface area contributed by atoms with E-state index in [9.17, 15) is 9.59 Å². The molecule has 1 atom stereocenters. The Morgan fingerprint density at radius 1 is 1.43 bits per heavy atom. The number of benzene rings is 1. The molecule has 1 aromatic carbocycles. The molecule has 0 radical (unpaired) electrons. The monoisotopic (exact) mass is 338 g/mol. The summed E-state index contributed by atoms with van der Waals surface area (Å²) in [7, 11) is 0. The maximum atomic E-state index is 12.2. The number of aliphatic carboxylic acids is 1. The predicted molar refractivity (Wildman–Crippen MR) is 90.9 cm³/mol. The molecule has 1 aliphatic heterocycles. The fourth-order valence-electron chi connectivity index (χ4n) is 2.98. The normalized spacial score (nSPS) is 18.6. The van der Waals surface area contributed by atoms with Crippen LogP contribution in [0.15, 0.2) is 18.2 Å². The van der Waals surface area contributed by atoms with Crippen LogP contribution in [0.25, 0.3) is 0 Å². The SMILES string of the molecule is Cc1ccc(Cl)cc1NC(=O)CN1CCCC(CCC(=O)O)C1. The van der Waals surface area contributed by atoms with Crippen molar-refractivity contribution >= 4 is 29.2 Å². The Morgan fingerprint density at radius 2 is 2.22 bits per heavy atom. The standard InChI is InChI=1S/C17H23ClN2O3/c1-12-4-6-14(18)9-15(12)19-16(21)11-20-8-2-3-13(10-20)5-7-17(22)23/h4,6,9,13H,2-3,5,7-8,10-11H2,1H3,(H,19,21)(H,22,23). The van der Waals surface area contributed by atoms with Crippen LogP contribution in [0.1, 0.15) is 31.2 Å². The van der Waals surface area contributed by atoms with Crippen LogP contribution in [0.4, 0.5) is 5.69 Å². The molecule has 0 aliphatic carbocycles. The predicted octanol–water partition coefficient (Wildman–Crippen LogP) is 3.16. The molecule has 6 heteroatoms. The molecule has 1 saturated heterocycles. The molecular formula is C17H23ClN2O3. The summed E-state index contributed by atoms with van der Waals surface area (Å²) >= 11 is 5.96. The van der Waals surface area contributed by atoms with Gasteiger partial charge in [-0.3, -0.25) is 14.5 Å². The maximum absolute atomic E-state index is 12.2. The fraction of sp³-hybridized carbons (Fsp3) is 0.529. The van der Waals surface area contributed by atoms with E-state index in [1.807, 2.05) is 13.0 Å². The van der Waals surface area contributed by atoms with E-state index in [1.165, 1.54) is 0 Å². The first-order valence-electron chi connectivity index (χ1n) is 7.94. The van der Waals surface area contributed by atoms with E-state index < -0.39 is 5.97 Å². The maximum Gasteiger partial charge on any atom is 0.303 e. The zero-order chi connectivity index (χ0) is 16.8. The highest BCUT2D eigenvalue weighted by Gasteiger charge is 2.22. The van der Waals surface area contributed by atoms with Crippen LogP contribution in [0.2, 0.25) is 5.02 Å². The molecule has 1 fully saturated rings. The van der Waals surface area contributed by atoms with Gasteiger partial charge in [-0.25, -0.2) is 0 Å². The van der Waals surface area contributed by atoms with Crippen LogP contribution < -0.4 is 5.32 Å². The van der Waals surface area contributed by atoms with Crippen molar-refractivity contribution in [1.82, 2.24) is 4.90 Å². The molecule has 1 unspecified atom stereocenters. The Kier molecular flexibility index (Phi) is 6.42. The average molecular weight is 339 g/mol. The third-order valence-electron chi connectivity index (χ3n) is 4.21. The van der Waals surface area contributed by atoms with Crippen molar-refractivity contribution in [3.63, 3.8) is 0 Å². The molecule has 126 valence electrons. The molecule has 0 saturated carbocycles. The van der Waals surface area contributed by atoms with E-state index in [1.54, 1.807) is 12.1 Å². The summed E-state index contributed by atoms with van der Waals surface area (Å²) in [6.45, 7) is 3.92. The summed E-state index contributed by atoms with van der Waals surface area (Å²) < 4.78 is 0. The molecule has 1 aromatic rings. The number of carboxylic acids is 1. The lowest BCUT2D eigenvalue weighted by molar-refractivity contribution is -0.137. The molecule has 1 aliphatic rings. The Hall–Kier alpha value is -1.59. The second-order valence-electron chi connectivity index (χ2n) is 6.18. The third kappa shape index (κ3) is 5.84. The Labute approximate surface area is 141 Å². The number of aryl methyl sites for hydroxylation is 1. The smallest absolute Gasteiger partial charge is 0.303 e. The lowest BCUT2D eigenvalue weighted by atomic mass is 9.93. The minimum absolute atomic E-state index is 0.0609. The topological polar surface area (TPSA) is 69.6 Å². The van der Waals surface area contributed by atoms with Crippen molar-refractivity contribution in [2.45, 2.75) is 32.6 Å². The average Bonchev–Trinajstić information content (AvgIpc) is 2.49. The summed E-state index contributed by atoms with van der Waals surface area (Å²) in [4.78, 5) is 25.0. The van der Waals surface area contributed by atoms with Crippen LogP contribution in [0.5, 0.6) is 0 Å². The Morgan fingerprint density at radius 3 is 2.96 bits per heavy atom. The van der Waals surface area contributed by atoms with Crippen molar-refractivity contribution in [3.05, 3.63) is 28.8 Å². The van der Waals surface area contributed by atoms with Gasteiger partial charge < -0.3 is 10.4 Å². The number of carboxylic acid groups (broad SMARTS) is 1. The van der Waals surface area contributed by atoms with E-state index in [4.69, 9.17) is 16.7 Å². The number of rotatable bonds is 6. The molecule has 0 spiro atoms.